The van der Waals surface area contributed by atoms with Gasteiger partial charge in [0.15, 0.2) is 10.0 Å². The van der Waals surface area contributed by atoms with Crippen molar-refractivity contribution in [1.29, 1.82) is 0 Å². The Morgan fingerprint density at radius 3 is 2.57 bits per heavy atom. The van der Waals surface area contributed by atoms with Crippen molar-refractivity contribution >= 4 is 38.6 Å². The zero-order valence-electron chi connectivity index (χ0n) is 15.8. The number of sulfonamides is 1. The number of thiazole rings is 1. The van der Waals surface area contributed by atoms with Crippen molar-refractivity contribution in [1.82, 2.24) is 9.97 Å². The van der Waals surface area contributed by atoms with E-state index in [4.69, 9.17) is 11.6 Å². The van der Waals surface area contributed by atoms with Gasteiger partial charge in [0.25, 0.3) is 0 Å². The van der Waals surface area contributed by atoms with Crippen molar-refractivity contribution in [3.63, 3.8) is 0 Å². The predicted octanol–water partition coefficient (Wildman–Crippen LogP) is 6.58. The molecule has 0 spiro atoms. The third-order valence-corrected chi connectivity index (χ3v) is 6.17. The Bertz CT molecular complexity index is 1160. The fourth-order valence-corrected chi connectivity index (χ4v) is 4.21. The highest BCUT2D eigenvalue weighted by molar-refractivity contribution is 7.95. The van der Waals surface area contributed by atoms with Gasteiger partial charge in [-0.05, 0) is 24.5 Å². The number of hydrogen-bond donors (Lipinski definition) is 0. The Kier molecular flexibility index (Phi) is 6.40. The summed E-state index contributed by atoms with van der Waals surface area (Å²) in [5, 5.41) is 2.55. The van der Waals surface area contributed by atoms with E-state index in [1.165, 1.54) is 17.4 Å². The zero-order chi connectivity index (χ0) is 22.1. The smallest absolute Gasteiger partial charge is 0.483 e. The first-order chi connectivity index (χ1) is 14.0. The van der Waals surface area contributed by atoms with Crippen LogP contribution in [0.15, 0.2) is 41.9 Å². The number of rotatable bonds is 6. The molecule has 2 aromatic heterocycles. The van der Waals surface area contributed by atoms with Gasteiger partial charge in [0.1, 0.15) is 5.01 Å². The minimum absolute atomic E-state index is 0.0423. The summed E-state index contributed by atoms with van der Waals surface area (Å²) in [6, 6.07) is 7.41. The van der Waals surface area contributed by atoms with E-state index in [2.05, 4.69) is 28.5 Å². The van der Waals surface area contributed by atoms with Crippen molar-refractivity contribution in [2.45, 2.75) is 25.8 Å². The van der Waals surface area contributed by atoms with E-state index in [9.17, 15) is 21.6 Å². The molecule has 2 heterocycles. The molecule has 30 heavy (non-hydrogen) atoms. The van der Waals surface area contributed by atoms with Crippen molar-refractivity contribution in [2.24, 2.45) is 5.92 Å². The number of pyridine rings is 1. The molecule has 0 aliphatic rings. The fourth-order valence-electron chi connectivity index (χ4n) is 2.63. The molecular weight excluding hydrogens is 459 g/mol. The van der Waals surface area contributed by atoms with E-state index in [0.29, 0.717) is 17.2 Å². The standard InChI is InChI=1S/C19H16ClF3N3O2S2/c1-11(2)7-14-8-12(5-6-24-14)18-25-17(10-29-18)15-4-3-13(9-16(15)20)26-30(27,28)19(21,22)23/h3-6,8-11H,7H2,1-2H3/q-1. The zero-order valence-corrected chi connectivity index (χ0v) is 18.2. The molecule has 1 aromatic carbocycles. The average Bonchev–Trinajstić information content (AvgIpc) is 3.10. The predicted molar refractivity (Wildman–Crippen MR) is 112 cm³/mol. The Morgan fingerprint density at radius 1 is 1.20 bits per heavy atom. The summed E-state index contributed by atoms with van der Waals surface area (Å²) >= 11 is 7.55. The highest BCUT2D eigenvalue weighted by atomic mass is 35.5. The van der Waals surface area contributed by atoms with E-state index >= 15 is 0 Å². The molecule has 0 unspecified atom stereocenters. The van der Waals surface area contributed by atoms with E-state index in [0.717, 1.165) is 34.8 Å². The molecule has 0 aliphatic heterocycles. The topological polar surface area (TPSA) is 74.0 Å². The highest BCUT2D eigenvalue weighted by Crippen LogP contribution is 2.39. The van der Waals surface area contributed by atoms with Gasteiger partial charge in [-0.25, -0.2) is 13.4 Å². The van der Waals surface area contributed by atoms with Crippen LogP contribution in [0.3, 0.4) is 0 Å². The molecule has 0 bridgehead atoms. The van der Waals surface area contributed by atoms with Gasteiger partial charge in [-0.2, -0.15) is 13.2 Å². The van der Waals surface area contributed by atoms with Crippen LogP contribution < -0.4 is 0 Å². The van der Waals surface area contributed by atoms with Crippen LogP contribution in [0.2, 0.25) is 5.02 Å². The number of nitrogens with zero attached hydrogens (tertiary/aromatic N) is 3. The van der Waals surface area contributed by atoms with Crippen LogP contribution >= 0.6 is 22.9 Å². The summed E-state index contributed by atoms with van der Waals surface area (Å²) in [5.41, 5.74) is -3.05. The van der Waals surface area contributed by atoms with Crippen molar-refractivity contribution in [3.05, 3.63) is 57.3 Å². The lowest BCUT2D eigenvalue weighted by atomic mass is 10.1. The third-order valence-electron chi connectivity index (χ3n) is 3.93. The third kappa shape index (κ3) is 5.11. The van der Waals surface area contributed by atoms with Gasteiger partial charge in [-0.1, -0.05) is 43.6 Å². The number of benzene rings is 1. The molecular formula is C19H16ClF3N3O2S2-. The number of halogens is 4. The second kappa shape index (κ2) is 8.52. The number of hydrogen-bond acceptors (Lipinski definition) is 5. The molecule has 0 N–H and O–H groups in total. The Morgan fingerprint density at radius 2 is 1.93 bits per heavy atom. The number of alkyl halides is 3. The lowest BCUT2D eigenvalue weighted by Gasteiger charge is -2.23. The van der Waals surface area contributed by atoms with Gasteiger partial charge in [-0.3, -0.25) is 4.98 Å². The lowest BCUT2D eigenvalue weighted by Crippen LogP contribution is -2.20. The summed E-state index contributed by atoms with van der Waals surface area (Å²) < 4.78 is 62.7. The fraction of sp³-hybridized carbons (Fsp3) is 0.263. The van der Waals surface area contributed by atoms with Crippen LogP contribution in [-0.4, -0.2) is 23.9 Å². The van der Waals surface area contributed by atoms with Gasteiger partial charge < -0.3 is 4.72 Å². The maximum absolute atomic E-state index is 12.5. The monoisotopic (exact) mass is 474 g/mol. The van der Waals surface area contributed by atoms with Gasteiger partial charge in [0.2, 0.25) is 0 Å². The van der Waals surface area contributed by atoms with Gasteiger partial charge >= 0.3 is 5.51 Å². The van der Waals surface area contributed by atoms with Crippen LogP contribution in [0.1, 0.15) is 19.5 Å². The van der Waals surface area contributed by atoms with Crippen LogP contribution in [0, 0.1) is 5.92 Å². The maximum atomic E-state index is 12.5. The van der Waals surface area contributed by atoms with E-state index in [1.54, 1.807) is 11.6 Å². The molecule has 0 atom stereocenters. The second-order valence-corrected chi connectivity index (χ2v) is 9.71. The van der Waals surface area contributed by atoms with Crippen molar-refractivity contribution in [2.75, 3.05) is 0 Å². The minimum atomic E-state index is -5.64. The molecule has 5 nitrogen and oxygen atoms in total. The minimum Gasteiger partial charge on any atom is -0.569 e. The average molecular weight is 475 g/mol. The maximum Gasteiger partial charge on any atom is 0.483 e. The summed E-state index contributed by atoms with van der Waals surface area (Å²) in [4.78, 5) is 8.91. The van der Waals surface area contributed by atoms with Gasteiger partial charge in [-0.15, -0.1) is 17.0 Å². The first-order valence-corrected chi connectivity index (χ1v) is 11.4. The van der Waals surface area contributed by atoms with Gasteiger partial charge in [0, 0.05) is 33.4 Å². The summed E-state index contributed by atoms with van der Waals surface area (Å²) in [6.45, 7) is 4.21. The Labute approximate surface area is 181 Å². The molecule has 0 amide bonds. The van der Waals surface area contributed by atoms with Gasteiger partial charge in [0.05, 0.1) is 5.69 Å². The Hall–Kier alpha value is -2.17. The number of aromatic nitrogens is 2. The molecule has 0 radical (unpaired) electrons. The summed E-state index contributed by atoms with van der Waals surface area (Å²) in [5.74, 6) is 0.462. The summed E-state index contributed by atoms with van der Waals surface area (Å²) in [7, 11) is -5.64. The molecule has 0 aliphatic carbocycles. The van der Waals surface area contributed by atoms with Crippen LogP contribution in [0.25, 0.3) is 26.6 Å². The second-order valence-electron chi connectivity index (χ2n) is 6.85. The first-order valence-electron chi connectivity index (χ1n) is 8.71. The highest BCUT2D eigenvalue weighted by Gasteiger charge is 2.39. The van der Waals surface area contributed by atoms with E-state index in [-0.39, 0.29) is 5.02 Å². The van der Waals surface area contributed by atoms with E-state index < -0.39 is 21.2 Å². The molecule has 3 aromatic rings. The van der Waals surface area contributed by atoms with E-state index in [1.807, 2.05) is 12.1 Å². The molecule has 0 saturated carbocycles. The summed E-state index contributed by atoms with van der Waals surface area (Å²) in [6.07, 6.45) is 2.56. The van der Waals surface area contributed by atoms with Crippen LogP contribution in [-0.2, 0) is 16.4 Å². The quantitative estimate of drug-likeness (QED) is 0.404. The van der Waals surface area contributed by atoms with Crippen LogP contribution in [0.5, 0.6) is 0 Å². The van der Waals surface area contributed by atoms with Crippen LogP contribution in [0.4, 0.5) is 18.9 Å². The first kappa shape index (κ1) is 22.5. The lowest BCUT2D eigenvalue weighted by molar-refractivity contribution is -0.0425. The molecule has 0 saturated heterocycles. The van der Waals surface area contributed by atoms with Crippen molar-refractivity contribution < 1.29 is 21.6 Å². The van der Waals surface area contributed by atoms with Crippen molar-refractivity contribution in [3.8, 4) is 21.8 Å². The normalized spacial score (nSPS) is 12.4. The molecule has 11 heteroatoms. The molecule has 0 fully saturated rings. The Balaban J connectivity index is 1.86. The molecule has 160 valence electrons. The molecule has 3 rings (SSSR count). The SMILES string of the molecule is CC(C)Cc1cc(-c2nc(-c3ccc([N-]S(=O)(=O)C(F)(F)F)cc3Cl)cs2)ccn1. The largest absolute Gasteiger partial charge is 0.569 e.